The molecule has 0 bridgehead atoms. The van der Waals surface area contributed by atoms with Crippen LogP contribution in [0.2, 0.25) is 0 Å². The van der Waals surface area contributed by atoms with Gasteiger partial charge in [0.1, 0.15) is 6.10 Å². The van der Waals surface area contributed by atoms with E-state index in [0.717, 1.165) is 10.6 Å². The van der Waals surface area contributed by atoms with E-state index in [1.54, 1.807) is 11.3 Å². The zero-order chi connectivity index (χ0) is 13.0. The number of rotatable bonds is 5. The van der Waals surface area contributed by atoms with Crippen LogP contribution < -0.4 is 10.2 Å². The Morgan fingerprint density at radius 2 is 1.94 bits per heavy atom. The summed E-state index contributed by atoms with van der Waals surface area (Å²) >= 11 is 1.58. The van der Waals surface area contributed by atoms with Crippen LogP contribution in [-0.2, 0) is 0 Å². The van der Waals surface area contributed by atoms with Gasteiger partial charge in [-0.05, 0) is 35.7 Å². The molecule has 2 aromatic rings. The lowest BCUT2D eigenvalue weighted by Gasteiger charge is -2.14. The van der Waals surface area contributed by atoms with Crippen molar-refractivity contribution in [2.75, 3.05) is 30.9 Å². The molecule has 1 aromatic heterocycles. The Morgan fingerprint density at radius 3 is 2.50 bits per heavy atom. The van der Waals surface area contributed by atoms with Gasteiger partial charge in [0.2, 0.25) is 0 Å². The molecular formula is C14H18N2OS. The van der Waals surface area contributed by atoms with Crippen LogP contribution in [0.25, 0.3) is 0 Å². The molecule has 0 radical (unpaired) electrons. The molecule has 2 rings (SSSR count). The highest BCUT2D eigenvalue weighted by Crippen LogP contribution is 2.20. The maximum Gasteiger partial charge on any atom is 0.105 e. The minimum atomic E-state index is -0.446. The second-order valence-electron chi connectivity index (χ2n) is 4.35. The second kappa shape index (κ2) is 5.89. The van der Waals surface area contributed by atoms with Crippen molar-refractivity contribution in [2.24, 2.45) is 0 Å². The number of benzene rings is 1. The van der Waals surface area contributed by atoms with Crippen molar-refractivity contribution in [3.63, 3.8) is 0 Å². The first-order chi connectivity index (χ1) is 8.66. The molecule has 96 valence electrons. The summed E-state index contributed by atoms with van der Waals surface area (Å²) in [7, 11) is 4.03. The molecule has 2 N–H and O–H groups in total. The number of thiophene rings is 1. The van der Waals surface area contributed by atoms with Crippen molar-refractivity contribution in [1.82, 2.24) is 0 Å². The second-order valence-corrected chi connectivity index (χ2v) is 5.33. The highest BCUT2D eigenvalue weighted by atomic mass is 32.1. The normalized spacial score (nSPS) is 12.2. The molecule has 1 atom stereocenters. The Labute approximate surface area is 112 Å². The molecule has 0 fully saturated rings. The summed E-state index contributed by atoms with van der Waals surface area (Å²) in [5.74, 6) is 0. The highest BCUT2D eigenvalue weighted by molar-refractivity contribution is 7.10. The first-order valence-corrected chi connectivity index (χ1v) is 6.77. The predicted molar refractivity (Wildman–Crippen MR) is 78.5 cm³/mol. The molecule has 0 amide bonds. The Hall–Kier alpha value is -1.52. The molecule has 1 unspecified atom stereocenters. The Morgan fingerprint density at radius 1 is 1.22 bits per heavy atom. The van der Waals surface area contributed by atoms with Crippen LogP contribution in [0, 0.1) is 0 Å². The van der Waals surface area contributed by atoms with E-state index in [9.17, 15) is 5.11 Å². The lowest BCUT2D eigenvalue weighted by Crippen LogP contribution is -2.11. The number of nitrogens with one attached hydrogen (secondary N) is 1. The third kappa shape index (κ3) is 3.24. The molecule has 0 spiro atoms. The quantitative estimate of drug-likeness (QED) is 0.869. The van der Waals surface area contributed by atoms with Crippen LogP contribution >= 0.6 is 11.3 Å². The molecule has 0 aliphatic rings. The van der Waals surface area contributed by atoms with Crippen molar-refractivity contribution in [3.05, 3.63) is 46.7 Å². The van der Waals surface area contributed by atoms with Crippen LogP contribution in [0.1, 0.15) is 11.0 Å². The van der Waals surface area contributed by atoms with E-state index >= 15 is 0 Å². The third-order valence-corrected chi connectivity index (χ3v) is 3.73. The van der Waals surface area contributed by atoms with E-state index in [1.165, 1.54) is 5.69 Å². The van der Waals surface area contributed by atoms with Crippen molar-refractivity contribution in [3.8, 4) is 0 Å². The fourth-order valence-electron chi connectivity index (χ4n) is 1.67. The Kier molecular flexibility index (Phi) is 4.23. The first kappa shape index (κ1) is 12.9. The van der Waals surface area contributed by atoms with Crippen molar-refractivity contribution >= 4 is 22.7 Å². The smallest absolute Gasteiger partial charge is 0.105 e. The molecule has 0 aliphatic carbocycles. The number of hydrogen-bond donors (Lipinski definition) is 2. The maximum atomic E-state index is 9.95. The van der Waals surface area contributed by atoms with Gasteiger partial charge in [0.05, 0.1) is 0 Å². The van der Waals surface area contributed by atoms with Gasteiger partial charge in [0.25, 0.3) is 0 Å². The highest BCUT2D eigenvalue weighted by Gasteiger charge is 2.07. The average molecular weight is 262 g/mol. The lowest BCUT2D eigenvalue weighted by molar-refractivity contribution is 0.195. The maximum absolute atomic E-state index is 9.95. The molecule has 1 aromatic carbocycles. The molecule has 0 saturated carbocycles. The summed E-state index contributed by atoms with van der Waals surface area (Å²) in [6.45, 7) is 0.530. The van der Waals surface area contributed by atoms with E-state index in [1.807, 2.05) is 43.7 Å². The van der Waals surface area contributed by atoms with Gasteiger partial charge < -0.3 is 15.3 Å². The number of hydrogen-bond acceptors (Lipinski definition) is 4. The number of anilines is 2. The number of nitrogens with zero attached hydrogens (tertiary/aromatic N) is 1. The van der Waals surface area contributed by atoms with E-state index < -0.39 is 6.10 Å². The Bertz CT molecular complexity index is 465. The average Bonchev–Trinajstić information content (AvgIpc) is 2.90. The molecular weight excluding hydrogens is 244 g/mol. The van der Waals surface area contributed by atoms with Crippen LogP contribution in [0.3, 0.4) is 0 Å². The summed E-state index contributed by atoms with van der Waals surface area (Å²) in [6.07, 6.45) is -0.446. The zero-order valence-corrected chi connectivity index (χ0v) is 11.4. The number of aliphatic hydroxyl groups excluding tert-OH is 1. The molecule has 4 heteroatoms. The molecule has 18 heavy (non-hydrogen) atoms. The van der Waals surface area contributed by atoms with E-state index in [-0.39, 0.29) is 0 Å². The van der Waals surface area contributed by atoms with Gasteiger partial charge in [0, 0.05) is 36.9 Å². The standard InChI is InChI=1S/C14H18N2OS/c1-16(2)12-7-5-11(6-8-12)15-10-13(17)14-4-3-9-18-14/h3-9,13,15,17H,10H2,1-2H3. The van der Waals surface area contributed by atoms with Crippen LogP contribution in [-0.4, -0.2) is 25.7 Å². The summed E-state index contributed by atoms with van der Waals surface area (Å²) in [5.41, 5.74) is 2.19. The lowest BCUT2D eigenvalue weighted by atomic mass is 10.2. The summed E-state index contributed by atoms with van der Waals surface area (Å²) in [4.78, 5) is 3.05. The summed E-state index contributed by atoms with van der Waals surface area (Å²) in [5, 5.41) is 15.2. The molecule has 0 saturated heterocycles. The van der Waals surface area contributed by atoms with Gasteiger partial charge in [-0.2, -0.15) is 0 Å². The minimum Gasteiger partial charge on any atom is -0.386 e. The van der Waals surface area contributed by atoms with Gasteiger partial charge in [-0.15, -0.1) is 11.3 Å². The molecule has 3 nitrogen and oxygen atoms in total. The van der Waals surface area contributed by atoms with E-state index in [2.05, 4.69) is 22.3 Å². The third-order valence-electron chi connectivity index (χ3n) is 2.75. The van der Waals surface area contributed by atoms with Gasteiger partial charge in [-0.25, -0.2) is 0 Å². The van der Waals surface area contributed by atoms with Crippen molar-refractivity contribution < 1.29 is 5.11 Å². The van der Waals surface area contributed by atoms with E-state index in [0.29, 0.717) is 6.54 Å². The van der Waals surface area contributed by atoms with Crippen LogP contribution in [0.5, 0.6) is 0 Å². The van der Waals surface area contributed by atoms with E-state index in [4.69, 9.17) is 0 Å². The predicted octanol–water partition coefficient (Wildman–Crippen LogP) is 2.96. The SMILES string of the molecule is CN(C)c1ccc(NCC(O)c2cccs2)cc1. The largest absolute Gasteiger partial charge is 0.386 e. The zero-order valence-electron chi connectivity index (χ0n) is 10.6. The fraction of sp³-hybridized carbons (Fsp3) is 0.286. The summed E-state index contributed by atoms with van der Waals surface area (Å²) < 4.78 is 0. The van der Waals surface area contributed by atoms with Crippen molar-refractivity contribution in [1.29, 1.82) is 0 Å². The van der Waals surface area contributed by atoms with Crippen LogP contribution in [0.15, 0.2) is 41.8 Å². The van der Waals surface area contributed by atoms with Gasteiger partial charge in [0.15, 0.2) is 0 Å². The fourth-order valence-corrected chi connectivity index (χ4v) is 2.39. The van der Waals surface area contributed by atoms with Gasteiger partial charge in [-0.3, -0.25) is 0 Å². The minimum absolute atomic E-state index is 0.446. The topological polar surface area (TPSA) is 35.5 Å². The number of aliphatic hydroxyl groups is 1. The molecule has 1 heterocycles. The van der Waals surface area contributed by atoms with Gasteiger partial charge in [-0.1, -0.05) is 6.07 Å². The monoisotopic (exact) mass is 262 g/mol. The van der Waals surface area contributed by atoms with Crippen LogP contribution in [0.4, 0.5) is 11.4 Å². The Balaban J connectivity index is 1.90. The first-order valence-electron chi connectivity index (χ1n) is 5.89. The van der Waals surface area contributed by atoms with Gasteiger partial charge >= 0.3 is 0 Å². The molecule has 0 aliphatic heterocycles. The summed E-state index contributed by atoms with van der Waals surface area (Å²) in [6, 6.07) is 12.1. The van der Waals surface area contributed by atoms with Crippen molar-refractivity contribution in [2.45, 2.75) is 6.10 Å².